The first-order valence-corrected chi connectivity index (χ1v) is 12.3. The molecule has 0 aliphatic carbocycles. The van der Waals surface area contributed by atoms with Crippen LogP contribution in [0.3, 0.4) is 0 Å². The van der Waals surface area contributed by atoms with Gasteiger partial charge in [-0.25, -0.2) is 8.42 Å². The summed E-state index contributed by atoms with van der Waals surface area (Å²) in [6, 6.07) is 15.0. The van der Waals surface area contributed by atoms with E-state index in [9.17, 15) is 13.2 Å². The van der Waals surface area contributed by atoms with E-state index in [4.69, 9.17) is 0 Å². The van der Waals surface area contributed by atoms with Crippen LogP contribution in [-0.4, -0.2) is 30.3 Å². The van der Waals surface area contributed by atoms with Crippen LogP contribution < -0.4 is 5.32 Å². The van der Waals surface area contributed by atoms with Gasteiger partial charge in [0.25, 0.3) is 0 Å². The number of carbonyl (C=O) groups is 1. The number of nitrogens with one attached hydrogen (secondary N) is 1. The topological polar surface area (TPSA) is 89.0 Å². The number of amides is 1. The molecule has 3 aromatic rings. The maximum Gasteiger partial charge on any atom is 0.241 e. The highest BCUT2D eigenvalue weighted by Gasteiger charge is 2.19. The molecule has 3 rings (SSSR count). The highest BCUT2D eigenvalue weighted by atomic mass is 79.9. The molecule has 0 aliphatic heterocycles. The van der Waals surface area contributed by atoms with Crippen LogP contribution in [0.4, 0.5) is 5.13 Å². The maximum atomic E-state index is 12.3. The predicted molar refractivity (Wildman–Crippen MR) is 120 cm³/mol. The Morgan fingerprint density at radius 2 is 1.86 bits per heavy atom. The van der Waals surface area contributed by atoms with E-state index in [2.05, 4.69) is 45.3 Å². The number of hydrogen-bond acceptors (Lipinski definition) is 6. The van der Waals surface area contributed by atoms with Crippen molar-refractivity contribution in [2.75, 3.05) is 11.1 Å². The van der Waals surface area contributed by atoms with Crippen LogP contribution in [0.25, 0.3) is 10.6 Å². The fourth-order valence-corrected chi connectivity index (χ4v) is 5.16. The number of halogens is 1. The highest BCUT2D eigenvalue weighted by Crippen LogP contribution is 2.27. The van der Waals surface area contributed by atoms with Crippen molar-refractivity contribution >= 4 is 48.1 Å². The Morgan fingerprint density at radius 1 is 1.14 bits per heavy atom. The van der Waals surface area contributed by atoms with Gasteiger partial charge in [0.05, 0.1) is 5.75 Å². The molecule has 0 radical (unpaired) electrons. The van der Waals surface area contributed by atoms with Crippen molar-refractivity contribution in [2.45, 2.75) is 25.5 Å². The molecule has 0 bridgehead atoms. The lowest BCUT2D eigenvalue weighted by Crippen LogP contribution is -2.23. The lowest BCUT2D eigenvalue weighted by Gasteiger charge is -2.05. The molecule has 0 saturated heterocycles. The van der Waals surface area contributed by atoms with Gasteiger partial charge < -0.3 is 0 Å². The molecule has 9 heteroatoms. The van der Waals surface area contributed by atoms with E-state index in [0.29, 0.717) is 16.5 Å². The van der Waals surface area contributed by atoms with Crippen molar-refractivity contribution in [3.63, 3.8) is 0 Å². The molecule has 1 N–H and O–H groups in total. The molecule has 0 aliphatic rings. The summed E-state index contributed by atoms with van der Waals surface area (Å²) < 4.78 is 25.4. The first-order valence-electron chi connectivity index (χ1n) is 8.90. The van der Waals surface area contributed by atoms with E-state index in [1.165, 1.54) is 16.9 Å². The lowest BCUT2D eigenvalue weighted by atomic mass is 10.0. The average molecular weight is 494 g/mol. The first-order chi connectivity index (χ1) is 13.7. The van der Waals surface area contributed by atoms with Gasteiger partial charge in [-0.15, -0.1) is 10.2 Å². The number of benzene rings is 2. The molecule has 0 unspecified atom stereocenters. The van der Waals surface area contributed by atoms with E-state index in [1.54, 1.807) is 18.2 Å². The summed E-state index contributed by atoms with van der Waals surface area (Å²) in [7, 11) is -3.61. The minimum Gasteiger partial charge on any atom is -0.300 e. The lowest BCUT2D eigenvalue weighted by molar-refractivity contribution is -0.113. The monoisotopic (exact) mass is 493 g/mol. The molecule has 0 saturated carbocycles. The average Bonchev–Trinajstić information content (AvgIpc) is 3.09. The van der Waals surface area contributed by atoms with E-state index < -0.39 is 21.5 Å². The summed E-state index contributed by atoms with van der Waals surface area (Å²) in [5.41, 5.74) is 2.74. The number of aromatic nitrogens is 2. The summed E-state index contributed by atoms with van der Waals surface area (Å²) in [4.78, 5) is 12.2. The standard InChI is InChI=1S/C20H20BrN3O3S2/c1-13(2)15-6-8-16(9-7-15)19-23-24-20(28-19)22-18(25)12-29(26,27)11-14-4-3-5-17(21)10-14/h3-10,13H,11-12H2,1-2H3,(H,22,24,25). The largest absolute Gasteiger partial charge is 0.300 e. The van der Waals surface area contributed by atoms with Gasteiger partial charge in [0.1, 0.15) is 10.8 Å². The molecule has 1 aromatic heterocycles. The van der Waals surface area contributed by atoms with Crippen LogP contribution in [0.5, 0.6) is 0 Å². The number of anilines is 1. The van der Waals surface area contributed by atoms with Gasteiger partial charge in [0.2, 0.25) is 11.0 Å². The van der Waals surface area contributed by atoms with Crippen LogP contribution in [0.1, 0.15) is 30.9 Å². The highest BCUT2D eigenvalue weighted by molar-refractivity contribution is 9.10. The Labute approximate surface area is 182 Å². The zero-order valence-electron chi connectivity index (χ0n) is 15.9. The van der Waals surface area contributed by atoms with Gasteiger partial charge in [0.15, 0.2) is 9.84 Å². The van der Waals surface area contributed by atoms with Crippen LogP contribution in [0, 0.1) is 0 Å². The smallest absolute Gasteiger partial charge is 0.241 e. The minimum absolute atomic E-state index is 0.205. The number of rotatable bonds is 7. The molecule has 29 heavy (non-hydrogen) atoms. The van der Waals surface area contributed by atoms with Crippen LogP contribution >= 0.6 is 27.3 Å². The van der Waals surface area contributed by atoms with Crippen LogP contribution in [-0.2, 0) is 20.4 Å². The van der Waals surface area contributed by atoms with Gasteiger partial charge in [-0.3, -0.25) is 10.1 Å². The third-order valence-corrected chi connectivity index (χ3v) is 6.98. The van der Waals surface area contributed by atoms with Crippen LogP contribution in [0.2, 0.25) is 0 Å². The van der Waals surface area contributed by atoms with Crippen LogP contribution in [0.15, 0.2) is 53.0 Å². The Balaban J connectivity index is 1.62. The van der Waals surface area contributed by atoms with Crippen molar-refractivity contribution in [1.29, 1.82) is 0 Å². The Hall–Kier alpha value is -2.10. The molecule has 1 amide bonds. The molecule has 0 atom stereocenters. The van der Waals surface area contributed by atoms with Gasteiger partial charge in [-0.2, -0.15) is 0 Å². The van der Waals surface area contributed by atoms with Gasteiger partial charge in [0, 0.05) is 10.0 Å². The third kappa shape index (κ3) is 6.19. The second kappa shape index (κ2) is 9.15. The van der Waals surface area contributed by atoms with Gasteiger partial charge in [-0.05, 0) is 29.2 Å². The quantitative estimate of drug-likeness (QED) is 0.517. The van der Waals surface area contributed by atoms with E-state index in [-0.39, 0.29) is 10.9 Å². The zero-order chi connectivity index (χ0) is 21.0. The summed E-state index contributed by atoms with van der Waals surface area (Å²) in [6.45, 7) is 4.25. The first kappa shape index (κ1) is 21.6. The van der Waals surface area contributed by atoms with Crippen molar-refractivity contribution in [3.05, 3.63) is 64.1 Å². The van der Waals surface area contributed by atoms with Crippen molar-refractivity contribution < 1.29 is 13.2 Å². The molecule has 0 spiro atoms. The summed E-state index contributed by atoms with van der Waals surface area (Å²) in [6.07, 6.45) is 0. The summed E-state index contributed by atoms with van der Waals surface area (Å²) >= 11 is 4.51. The molecule has 0 fully saturated rings. The molecule has 2 aromatic carbocycles. The Morgan fingerprint density at radius 3 is 2.52 bits per heavy atom. The second-order valence-electron chi connectivity index (χ2n) is 6.90. The van der Waals surface area contributed by atoms with Crippen molar-refractivity contribution in [3.8, 4) is 10.6 Å². The van der Waals surface area contributed by atoms with Crippen molar-refractivity contribution in [1.82, 2.24) is 10.2 Å². The second-order valence-corrected chi connectivity index (χ2v) is 10.9. The Bertz CT molecular complexity index is 1110. The SMILES string of the molecule is CC(C)c1ccc(-c2nnc(NC(=O)CS(=O)(=O)Cc3cccc(Br)c3)s2)cc1. The molecule has 152 valence electrons. The fourth-order valence-electron chi connectivity index (χ4n) is 2.69. The maximum absolute atomic E-state index is 12.3. The molecule has 1 heterocycles. The molecule has 6 nitrogen and oxygen atoms in total. The zero-order valence-corrected chi connectivity index (χ0v) is 19.1. The number of carbonyl (C=O) groups excluding carboxylic acids is 1. The van der Waals surface area contributed by atoms with Gasteiger partial charge >= 0.3 is 0 Å². The summed E-state index contributed by atoms with van der Waals surface area (Å²) in [5.74, 6) is -1.01. The number of nitrogens with zero attached hydrogens (tertiary/aromatic N) is 2. The number of hydrogen-bond donors (Lipinski definition) is 1. The van der Waals surface area contributed by atoms with E-state index in [1.807, 2.05) is 30.3 Å². The van der Waals surface area contributed by atoms with Gasteiger partial charge in [-0.1, -0.05) is 77.5 Å². The Kier molecular flexibility index (Phi) is 6.81. The van der Waals surface area contributed by atoms with E-state index >= 15 is 0 Å². The molecular formula is C20H20BrN3O3S2. The van der Waals surface area contributed by atoms with Crippen molar-refractivity contribution in [2.24, 2.45) is 0 Å². The minimum atomic E-state index is -3.61. The van der Waals surface area contributed by atoms with E-state index in [0.717, 1.165) is 10.0 Å². The predicted octanol–water partition coefficient (Wildman–Crippen LogP) is 4.64. The summed E-state index contributed by atoms with van der Waals surface area (Å²) in [5, 5.41) is 11.5. The normalized spacial score (nSPS) is 11.6. The fraction of sp³-hybridized carbons (Fsp3) is 0.250. The number of sulfone groups is 1. The third-order valence-electron chi connectivity index (χ3n) is 4.12. The molecular weight excluding hydrogens is 474 g/mol.